The molecule has 19 heavy (non-hydrogen) atoms. The molecule has 0 aliphatic heterocycles. The third-order valence-corrected chi connectivity index (χ3v) is 2.35. The standard InChI is InChI=1S/C13H7F3N2O/c14-8-2-3-10(18)13(12(8)16)19-11-4-1-7(6-17)5-9(11)15/h1-5H,18H2. The molecule has 2 rings (SSSR count). The van der Waals surface area contributed by atoms with Gasteiger partial charge in [-0.3, -0.25) is 0 Å². The van der Waals surface area contributed by atoms with Gasteiger partial charge in [-0.15, -0.1) is 0 Å². The van der Waals surface area contributed by atoms with Crippen LogP contribution in [-0.2, 0) is 0 Å². The van der Waals surface area contributed by atoms with E-state index in [4.69, 9.17) is 15.7 Å². The first-order chi connectivity index (χ1) is 9.02. The summed E-state index contributed by atoms with van der Waals surface area (Å²) in [4.78, 5) is 0. The summed E-state index contributed by atoms with van der Waals surface area (Å²) < 4.78 is 45.0. The highest BCUT2D eigenvalue weighted by Gasteiger charge is 2.16. The molecular formula is C13H7F3N2O. The average molecular weight is 264 g/mol. The molecule has 0 spiro atoms. The maximum Gasteiger partial charge on any atom is 0.203 e. The zero-order chi connectivity index (χ0) is 14.0. The van der Waals surface area contributed by atoms with Crippen LogP contribution in [0.5, 0.6) is 11.5 Å². The van der Waals surface area contributed by atoms with Crippen LogP contribution in [0.2, 0.25) is 0 Å². The Balaban J connectivity index is 2.42. The molecule has 2 N–H and O–H groups in total. The predicted molar refractivity (Wildman–Crippen MR) is 62.0 cm³/mol. The van der Waals surface area contributed by atoms with E-state index in [1.807, 2.05) is 0 Å². The molecule has 6 heteroatoms. The van der Waals surface area contributed by atoms with Crippen LogP contribution in [0.15, 0.2) is 30.3 Å². The minimum Gasteiger partial charge on any atom is -0.449 e. The summed E-state index contributed by atoms with van der Waals surface area (Å²) in [5.41, 5.74) is 5.35. The predicted octanol–water partition coefficient (Wildman–Crippen LogP) is 3.35. The van der Waals surface area contributed by atoms with Crippen LogP contribution < -0.4 is 10.5 Å². The van der Waals surface area contributed by atoms with Gasteiger partial charge in [0.05, 0.1) is 17.3 Å². The maximum absolute atomic E-state index is 13.6. The Kier molecular flexibility index (Phi) is 3.29. The number of nitrogens with zero attached hydrogens (tertiary/aromatic N) is 1. The number of anilines is 1. The van der Waals surface area contributed by atoms with Crippen LogP contribution in [0.3, 0.4) is 0 Å². The van der Waals surface area contributed by atoms with Gasteiger partial charge in [-0.2, -0.15) is 9.65 Å². The smallest absolute Gasteiger partial charge is 0.203 e. The summed E-state index contributed by atoms with van der Waals surface area (Å²) in [7, 11) is 0. The third kappa shape index (κ3) is 2.45. The van der Waals surface area contributed by atoms with E-state index in [0.29, 0.717) is 0 Å². The van der Waals surface area contributed by atoms with Crippen molar-refractivity contribution in [1.29, 1.82) is 5.26 Å². The van der Waals surface area contributed by atoms with Gasteiger partial charge in [0, 0.05) is 0 Å². The summed E-state index contributed by atoms with van der Waals surface area (Å²) >= 11 is 0. The fourth-order valence-corrected chi connectivity index (χ4v) is 1.41. The fraction of sp³-hybridized carbons (Fsp3) is 0. The van der Waals surface area contributed by atoms with Crippen LogP contribution >= 0.6 is 0 Å². The number of hydrogen-bond acceptors (Lipinski definition) is 3. The second-order valence-corrected chi connectivity index (χ2v) is 3.64. The zero-order valence-electron chi connectivity index (χ0n) is 9.45. The highest BCUT2D eigenvalue weighted by molar-refractivity contribution is 5.55. The van der Waals surface area contributed by atoms with Gasteiger partial charge in [0.15, 0.2) is 23.1 Å². The molecular weight excluding hydrogens is 257 g/mol. The monoisotopic (exact) mass is 264 g/mol. The fourth-order valence-electron chi connectivity index (χ4n) is 1.41. The first-order valence-corrected chi connectivity index (χ1v) is 5.14. The van der Waals surface area contributed by atoms with Crippen molar-refractivity contribution in [2.24, 2.45) is 0 Å². The van der Waals surface area contributed by atoms with Crippen molar-refractivity contribution in [1.82, 2.24) is 0 Å². The number of halogens is 3. The highest BCUT2D eigenvalue weighted by atomic mass is 19.2. The Labute approximate surface area is 106 Å². The van der Waals surface area contributed by atoms with Crippen molar-refractivity contribution < 1.29 is 17.9 Å². The first-order valence-electron chi connectivity index (χ1n) is 5.14. The van der Waals surface area contributed by atoms with E-state index in [2.05, 4.69) is 0 Å². The van der Waals surface area contributed by atoms with Crippen molar-refractivity contribution in [3.8, 4) is 17.6 Å². The quantitative estimate of drug-likeness (QED) is 0.846. The van der Waals surface area contributed by atoms with Gasteiger partial charge in [-0.05, 0) is 30.3 Å². The topological polar surface area (TPSA) is 59.0 Å². The van der Waals surface area contributed by atoms with Crippen molar-refractivity contribution in [2.75, 3.05) is 5.73 Å². The van der Waals surface area contributed by atoms with Gasteiger partial charge in [0.25, 0.3) is 0 Å². The lowest BCUT2D eigenvalue weighted by Gasteiger charge is -2.10. The number of nitrogens with two attached hydrogens (primary N) is 1. The normalized spacial score (nSPS) is 10.0. The molecule has 0 atom stereocenters. The Hall–Kier alpha value is -2.68. The Morgan fingerprint density at radius 3 is 2.42 bits per heavy atom. The number of rotatable bonds is 2. The van der Waals surface area contributed by atoms with Gasteiger partial charge < -0.3 is 10.5 Å². The molecule has 0 radical (unpaired) electrons. The zero-order valence-corrected chi connectivity index (χ0v) is 9.45. The lowest BCUT2D eigenvalue weighted by molar-refractivity contribution is 0.399. The Bertz CT molecular complexity index is 680. The molecule has 0 saturated heterocycles. The van der Waals surface area contributed by atoms with Crippen LogP contribution in [0.1, 0.15) is 5.56 Å². The first kappa shape index (κ1) is 12.8. The van der Waals surface area contributed by atoms with E-state index >= 15 is 0 Å². The van der Waals surface area contributed by atoms with Gasteiger partial charge in [0.1, 0.15) is 0 Å². The summed E-state index contributed by atoms with van der Waals surface area (Å²) in [5, 5.41) is 8.58. The number of nitriles is 1. The van der Waals surface area contributed by atoms with Gasteiger partial charge in [0.2, 0.25) is 5.82 Å². The molecule has 0 fully saturated rings. The maximum atomic E-state index is 13.6. The SMILES string of the molecule is N#Cc1ccc(Oc2c(N)ccc(F)c2F)c(F)c1. The molecule has 0 aromatic heterocycles. The molecule has 2 aromatic carbocycles. The molecule has 0 aliphatic carbocycles. The molecule has 3 nitrogen and oxygen atoms in total. The molecule has 0 bridgehead atoms. The van der Waals surface area contributed by atoms with Crippen LogP contribution in [0.4, 0.5) is 18.9 Å². The van der Waals surface area contributed by atoms with E-state index < -0.39 is 23.2 Å². The third-order valence-electron chi connectivity index (χ3n) is 2.35. The highest BCUT2D eigenvalue weighted by Crippen LogP contribution is 2.33. The van der Waals surface area contributed by atoms with Crippen molar-refractivity contribution >= 4 is 5.69 Å². The van der Waals surface area contributed by atoms with E-state index in [9.17, 15) is 13.2 Å². The van der Waals surface area contributed by atoms with Gasteiger partial charge >= 0.3 is 0 Å². The van der Waals surface area contributed by atoms with Crippen LogP contribution in [0.25, 0.3) is 0 Å². The number of nitrogen functional groups attached to an aromatic ring is 1. The summed E-state index contributed by atoms with van der Waals surface area (Å²) in [5.74, 6) is -4.28. The molecule has 0 aliphatic rings. The molecule has 0 amide bonds. The van der Waals surface area contributed by atoms with Gasteiger partial charge in [-0.25, -0.2) is 8.78 Å². The lowest BCUT2D eigenvalue weighted by Crippen LogP contribution is -1.99. The Morgan fingerprint density at radius 2 is 1.79 bits per heavy atom. The minimum atomic E-state index is -1.30. The lowest BCUT2D eigenvalue weighted by atomic mass is 10.2. The van der Waals surface area contributed by atoms with E-state index in [0.717, 1.165) is 24.3 Å². The second kappa shape index (κ2) is 4.90. The van der Waals surface area contributed by atoms with E-state index in [1.54, 1.807) is 6.07 Å². The number of hydrogen-bond donors (Lipinski definition) is 1. The van der Waals surface area contributed by atoms with Gasteiger partial charge in [-0.1, -0.05) is 0 Å². The van der Waals surface area contributed by atoms with E-state index in [-0.39, 0.29) is 17.0 Å². The van der Waals surface area contributed by atoms with Crippen molar-refractivity contribution in [3.05, 3.63) is 53.3 Å². The Morgan fingerprint density at radius 1 is 1.05 bits per heavy atom. The number of ether oxygens (including phenoxy) is 1. The molecule has 2 aromatic rings. The molecule has 0 saturated carbocycles. The van der Waals surface area contributed by atoms with Crippen LogP contribution in [0, 0.1) is 28.8 Å². The van der Waals surface area contributed by atoms with Crippen molar-refractivity contribution in [2.45, 2.75) is 0 Å². The molecule has 0 heterocycles. The average Bonchev–Trinajstić information content (AvgIpc) is 2.40. The van der Waals surface area contributed by atoms with E-state index in [1.165, 1.54) is 6.07 Å². The summed E-state index contributed by atoms with van der Waals surface area (Å²) in [6.45, 7) is 0. The van der Waals surface area contributed by atoms with Crippen LogP contribution in [-0.4, -0.2) is 0 Å². The van der Waals surface area contributed by atoms with Crippen molar-refractivity contribution in [3.63, 3.8) is 0 Å². The largest absolute Gasteiger partial charge is 0.449 e. The minimum absolute atomic E-state index is 0.0811. The molecule has 96 valence electrons. The second-order valence-electron chi connectivity index (χ2n) is 3.64. The molecule has 0 unspecified atom stereocenters. The summed E-state index contributed by atoms with van der Waals surface area (Å²) in [6.07, 6.45) is 0. The number of benzene rings is 2. The summed E-state index contributed by atoms with van der Waals surface area (Å²) in [6, 6.07) is 7.02.